The van der Waals surface area contributed by atoms with Crippen LogP contribution in [0.3, 0.4) is 0 Å². The average molecular weight is 434 g/mol. The molecule has 33 heavy (non-hydrogen) atoms. The summed E-state index contributed by atoms with van der Waals surface area (Å²) in [5.74, 6) is 0.518. The lowest BCUT2D eigenvalue weighted by Gasteiger charge is -2.47. The predicted molar refractivity (Wildman–Crippen MR) is 144 cm³/mol. The molecule has 0 amide bonds. The Bertz CT molecular complexity index is 1370. The third kappa shape index (κ3) is 3.47. The molecule has 0 spiro atoms. The Morgan fingerprint density at radius 2 is 1.76 bits per heavy atom. The second kappa shape index (κ2) is 7.79. The van der Waals surface area contributed by atoms with E-state index >= 15 is 0 Å². The summed E-state index contributed by atoms with van der Waals surface area (Å²) in [6.07, 6.45) is 2.86. The standard InChI is InChI=1S/C27H32B2N4/c1-15(2)19-8-6-16(3)24(13-19)33-11-10-22-26(27(33,28)29)18(5)12-23(31-22)25-17(4)7-9-21-20(25)14-30-32-21/h6-9,12-15H,10-11,28-29H2,1-5H3,(H,30,32). The zero-order valence-electron chi connectivity index (χ0n) is 20.9. The van der Waals surface area contributed by atoms with Gasteiger partial charge in [-0.3, -0.25) is 10.1 Å². The minimum Gasteiger partial charge on any atom is -0.377 e. The molecule has 0 unspecified atom stereocenters. The van der Waals surface area contributed by atoms with Crippen molar-refractivity contribution in [2.75, 3.05) is 11.4 Å². The van der Waals surface area contributed by atoms with Crippen molar-refractivity contribution in [1.82, 2.24) is 15.2 Å². The number of hydrogen-bond donors (Lipinski definition) is 1. The van der Waals surface area contributed by atoms with Gasteiger partial charge in [-0.1, -0.05) is 32.0 Å². The van der Waals surface area contributed by atoms with E-state index < -0.39 is 0 Å². The molecule has 0 fully saturated rings. The number of pyridine rings is 1. The molecule has 0 radical (unpaired) electrons. The molecule has 1 aliphatic heterocycles. The smallest absolute Gasteiger partial charge is 0.129 e. The first-order valence-electron chi connectivity index (χ1n) is 12.0. The lowest BCUT2D eigenvalue weighted by atomic mass is 9.54. The van der Waals surface area contributed by atoms with Gasteiger partial charge < -0.3 is 4.90 Å². The Morgan fingerprint density at radius 1 is 1.00 bits per heavy atom. The van der Waals surface area contributed by atoms with Crippen LogP contribution in [0.15, 0.2) is 42.6 Å². The number of anilines is 1. The van der Waals surface area contributed by atoms with Crippen LogP contribution in [0, 0.1) is 20.8 Å². The summed E-state index contributed by atoms with van der Waals surface area (Å²) in [4.78, 5) is 7.85. The highest BCUT2D eigenvalue weighted by Crippen LogP contribution is 2.40. The minimum atomic E-state index is -0.139. The summed E-state index contributed by atoms with van der Waals surface area (Å²) in [6.45, 7) is 12.1. The van der Waals surface area contributed by atoms with Crippen LogP contribution in [0.4, 0.5) is 5.69 Å². The third-order valence-electron chi connectivity index (χ3n) is 7.43. The van der Waals surface area contributed by atoms with Gasteiger partial charge in [0.1, 0.15) is 15.7 Å². The fraction of sp³-hybridized carbons (Fsp3) is 0.333. The van der Waals surface area contributed by atoms with Crippen molar-refractivity contribution in [2.24, 2.45) is 0 Å². The van der Waals surface area contributed by atoms with Crippen LogP contribution < -0.4 is 4.90 Å². The van der Waals surface area contributed by atoms with E-state index in [0.29, 0.717) is 5.92 Å². The van der Waals surface area contributed by atoms with Gasteiger partial charge in [-0.25, -0.2) is 0 Å². The topological polar surface area (TPSA) is 44.8 Å². The molecule has 0 saturated carbocycles. The maximum atomic E-state index is 5.26. The second-order valence-corrected chi connectivity index (χ2v) is 10.4. The Balaban J connectivity index is 1.63. The fourth-order valence-electron chi connectivity index (χ4n) is 5.68. The van der Waals surface area contributed by atoms with E-state index in [1.165, 1.54) is 44.8 Å². The quantitative estimate of drug-likeness (QED) is 0.494. The van der Waals surface area contributed by atoms with Crippen LogP contribution in [-0.4, -0.2) is 37.4 Å². The van der Waals surface area contributed by atoms with Gasteiger partial charge in [0.15, 0.2) is 0 Å². The van der Waals surface area contributed by atoms with Crippen LogP contribution in [0.2, 0.25) is 0 Å². The third-order valence-corrected chi connectivity index (χ3v) is 7.43. The monoisotopic (exact) mass is 434 g/mol. The molecule has 6 heteroatoms. The molecule has 4 nitrogen and oxygen atoms in total. The van der Waals surface area contributed by atoms with Crippen molar-refractivity contribution >= 4 is 32.3 Å². The summed E-state index contributed by atoms with van der Waals surface area (Å²) in [7, 11) is 4.70. The van der Waals surface area contributed by atoms with Crippen molar-refractivity contribution in [3.05, 3.63) is 76.1 Å². The highest BCUT2D eigenvalue weighted by molar-refractivity contribution is 6.42. The van der Waals surface area contributed by atoms with E-state index in [1.807, 2.05) is 6.20 Å². The van der Waals surface area contributed by atoms with E-state index in [0.717, 1.165) is 29.6 Å². The molecule has 0 bridgehead atoms. The second-order valence-electron chi connectivity index (χ2n) is 10.4. The Hall–Kier alpha value is -3.01. The zero-order chi connectivity index (χ0) is 23.5. The van der Waals surface area contributed by atoms with E-state index in [4.69, 9.17) is 4.98 Å². The first-order chi connectivity index (χ1) is 15.7. The van der Waals surface area contributed by atoms with Gasteiger partial charge >= 0.3 is 0 Å². The summed E-state index contributed by atoms with van der Waals surface area (Å²) >= 11 is 0. The molecular weight excluding hydrogens is 402 g/mol. The molecule has 2 aromatic heterocycles. The van der Waals surface area contributed by atoms with Crippen molar-refractivity contribution in [2.45, 2.75) is 52.3 Å². The number of benzene rings is 2. The molecule has 0 aliphatic carbocycles. The van der Waals surface area contributed by atoms with Gasteiger partial charge in [-0.2, -0.15) is 5.10 Å². The average Bonchev–Trinajstić information content (AvgIpc) is 3.22. The number of aryl methyl sites for hydroxylation is 3. The molecule has 0 saturated heterocycles. The number of fused-ring (bicyclic) bond motifs is 2. The molecule has 5 rings (SSSR count). The van der Waals surface area contributed by atoms with E-state index in [1.54, 1.807) is 0 Å². The van der Waals surface area contributed by atoms with Crippen molar-refractivity contribution in [3.8, 4) is 11.3 Å². The first-order valence-corrected chi connectivity index (χ1v) is 12.0. The molecule has 4 aromatic rings. The summed E-state index contributed by atoms with van der Waals surface area (Å²) < 4.78 is 0. The highest BCUT2D eigenvalue weighted by Gasteiger charge is 2.37. The Kier molecular flexibility index (Phi) is 5.15. The number of H-pyrrole nitrogens is 1. The summed E-state index contributed by atoms with van der Waals surface area (Å²) in [6, 6.07) is 13.5. The Morgan fingerprint density at radius 3 is 2.52 bits per heavy atom. The number of rotatable bonds is 3. The van der Waals surface area contributed by atoms with Crippen LogP contribution in [-0.2, 0) is 11.8 Å². The normalized spacial score (nSPS) is 15.3. The molecule has 166 valence electrons. The molecular formula is C27H32B2N4. The van der Waals surface area contributed by atoms with Gasteiger partial charge in [0.25, 0.3) is 0 Å². The van der Waals surface area contributed by atoms with Gasteiger partial charge in [0.05, 0.1) is 17.4 Å². The van der Waals surface area contributed by atoms with Crippen molar-refractivity contribution < 1.29 is 0 Å². The predicted octanol–water partition coefficient (Wildman–Crippen LogP) is 4.11. The number of hydrogen-bond acceptors (Lipinski definition) is 3. The van der Waals surface area contributed by atoms with E-state index in [9.17, 15) is 0 Å². The number of nitrogens with one attached hydrogen (secondary N) is 1. The van der Waals surface area contributed by atoms with Crippen LogP contribution >= 0.6 is 0 Å². The molecule has 1 N–H and O–H groups in total. The molecule has 1 aliphatic rings. The summed E-state index contributed by atoms with van der Waals surface area (Å²) in [5.41, 5.74) is 12.5. The maximum absolute atomic E-state index is 5.26. The van der Waals surface area contributed by atoms with Gasteiger partial charge in [0, 0.05) is 40.6 Å². The first kappa shape index (κ1) is 21.8. The van der Waals surface area contributed by atoms with Crippen molar-refractivity contribution in [1.29, 1.82) is 0 Å². The highest BCUT2D eigenvalue weighted by atomic mass is 15.2. The van der Waals surface area contributed by atoms with Crippen molar-refractivity contribution in [3.63, 3.8) is 0 Å². The van der Waals surface area contributed by atoms with E-state index in [2.05, 4.69) is 102 Å². The molecule has 0 atom stereocenters. The lowest BCUT2D eigenvalue weighted by Crippen LogP contribution is -2.53. The van der Waals surface area contributed by atoms with Crippen LogP contribution in [0.25, 0.3) is 22.2 Å². The number of nitrogens with zero attached hydrogens (tertiary/aromatic N) is 3. The molecule has 3 heterocycles. The maximum Gasteiger partial charge on any atom is 0.129 e. The van der Waals surface area contributed by atoms with Gasteiger partial charge in [0.2, 0.25) is 0 Å². The number of aromatic nitrogens is 3. The SMILES string of the molecule is BC1(B)c2c(C)cc(-c3c(C)ccc4[nH]ncc34)nc2CCN1c1cc(C(C)C)ccc1C. The summed E-state index contributed by atoms with van der Waals surface area (Å²) in [5, 5.41) is 8.38. The van der Waals surface area contributed by atoms with E-state index in [-0.39, 0.29) is 5.34 Å². The fourth-order valence-corrected chi connectivity index (χ4v) is 5.68. The minimum absolute atomic E-state index is 0.139. The molecule has 2 aromatic carbocycles. The van der Waals surface area contributed by atoms with Gasteiger partial charge in [-0.05, 0) is 72.7 Å². The Labute approximate surface area is 198 Å². The number of aromatic amines is 1. The largest absolute Gasteiger partial charge is 0.377 e. The zero-order valence-corrected chi connectivity index (χ0v) is 20.9. The van der Waals surface area contributed by atoms with Gasteiger partial charge in [-0.15, -0.1) is 0 Å². The van der Waals surface area contributed by atoms with Crippen LogP contribution in [0.5, 0.6) is 0 Å². The van der Waals surface area contributed by atoms with Crippen LogP contribution in [0.1, 0.15) is 53.3 Å². The lowest BCUT2D eigenvalue weighted by molar-refractivity contribution is 0.642.